The van der Waals surface area contributed by atoms with Crippen LogP contribution in [0.4, 0.5) is 11.5 Å². The van der Waals surface area contributed by atoms with Gasteiger partial charge in [-0.25, -0.2) is 0 Å². The number of nitro groups is 1. The van der Waals surface area contributed by atoms with Crippen molar-refractivity contribution < 1.29 is 14.4 Å². The van der Waals surface area contributed by atoms with Crippen LogP contribution in [0.2, 0.25) is 0 Å². The molecule has 1 aromatic carbocycles. The third-order valence-corrected chi connectivity index (χ3v) is 2.32. The molecule has 0 saturated heterocycles. The molecule has 0 aliphatic rings. The van der Waals surface area contributed by atoms with Gasteiger partial charge in [0.1, 0.15) is 5.82 Å². The molecule has 19 heavy (non-hydrogen) atoms. The van der Waals surface area contributed by atoms with E-state index in [9.17, 15) is 10.1 Å². The van der Waals surface area contributed by atoms with Crippen molar-refractivity contribution in [3.63, 3.8) is 0 Å². The third-order valence-electron chi connectivity index (χ3n) is 2.32. The smallest absolute Gasteiger partial charge is 0.273 e. The van der Waals surface area contributed by atoms with Gasteiger partial charge in [0.25, 0.3) is 5.69 Å². The van der Waals surface area contributed by atoms with Crippen LogP contribution in [0.3, 0.4) is 0 Å². The van der Waals surface area contributed by atoms with Crippen LogP contribution in [0, 0.1) is 10.1 Å². The van der Waals surface area contributed by atoms with Crippen LogP contribution in [0.25, 0.3) is 0 Å². The number of methoxy groups -OCH3 is 1. The number of nitrogens with zero attached hydrogens (tertiary/aromatic N) is 2. The van der Waals surface area contributed by atoms with E-state index in [0.717, 1.165) is 0 Å². The first kappa shape index (κ1) is 12.6. The van der Waals surface area contributed by atoms with Crippen LogP contribution in [-0.4, -0.2) is 17.0 Å². The fraction of sp³-hybridized carbons (Fsp3) is 0.0833. The number of non-ortho nitro benzene ring substituents is 1. The van der Waals surface area contributed by atoms with Crippen molar-refractivity contribution in [2.24, 2.45) is 0 Å². The van der Waals surface area contributed by atoms with Gasteiger partial charge in [-0.05, 0) is 12.1 Å². The first-order valence-corrected chi connectivity index (χ1v) is 5.33. The molecule has 0 amide bonds. The molecule has 0 aliphatic carbocycles. The van der Waals surface area contributed by atoms with Gasteiger partial charge in [-0.2, -0.15) is 4.98 Å². The number of ether oxygens (including phenoxy) is 2. The zero-order valence-electron chi connectivity index (χ0n) is 10.1. The molecule has 0 radical (unpaired) electrons. The number of rotatable bonds is 4. The summed E-state index contributed by atoms with van der Waals surface area (Å²) in [6.45, 7) is 0. The van der Waals surface area contributed by atoms with E-state index in [-0.39, 0.29) is 17.3 Å². The number of nitrogen functional groups attached to an aromatic ring is 1. The highest BCUT2D eigenvalue weighted by atomic mass is 16.6. The zero-order chi connectivity index (χ0) is 13.8. The lowest BCUT2D eigenvalue weighted by molar-refractivity contribution is -0.384. The van der Waals surface area contributed by atoms with E-state index < -0.39 is 4.92 Å². The molecular weight excluding hydrogens is 250 g/mol. The van der Waals surface area contributed by atoms with Crippen LogP contribution in [-0.2, 0) is 0 Å². The third kappa shape index (κ3) is 2.89. The summed E-state index contributed by atoms with van der Waals surface area (Å²) >= 11 is 0. The van der Waals surface area contributed by atoms with Crippen molar-refractivity contribution in [2.45, 2.75) is 0 Å². The first-order chi connectivity index (χ1) is 9.10. The lowest BCUT2D eigenvalue weighted by Gasteiger charge is -2.09. The highest BCUT2D eigenvalue weighted by Gasteiger charge is 2.13. The fourth-order valence-corrected chi connectivity index (χ4v) is 1.45. The van der Waals surface area contributed by atoms with Gasteiger partial charge >= 0.3 is 0 Å². The molecule has 0 bridgehead atoms. The number of hydrogen-bond acceptors (Lipinski definition) is 6. The largest absolute Gasteiger partial charge is 0.493 e. The van der Waals surface area contributed by atoms with Crippen LogP contribution >= 0.6 is 0 Å². The zero-order valence-corrected chi connectivity index (χ0v) is 10.1. The number of nitro benzene ring substituents is 1. The van der Waals surface area contributed by atoms with E-state index in [1.807, 2.05) is 0 Å². The van der Waals surface area contributed by atoms with Crippen molar-refractivity contribution in [1.82, 2.24) is 4.98 Å². The maximum Gasteiger partial charge on any atom is 0.273 e. The molecule has 2 aromatic rings. The second-order valence-corrected chi connectivity index (χ2v) is 3.60. The lowest BCUT2D eigenvalue weighted by atomic mass is 10.3. The summed E-state index contributed by atoms with van der Waals surface area (Å²) < 4.78 is 10.5. The average Bonchev–Trinajstić information content (AvgIpc) is 2.39. The minimum atomic E-state index is -0.509. The van der Waals surface area contributed by atoms with Gasteiger partial charge in [-0.1, -0.05) is 6.07 Å². The Balaban J connectivity index is 2.32. The average molecular weight is 261 g/mol. The van der Waals surface area contributed by atoms with Gasteiger partial charge in [0.15, 0.2) is 11.5 Å². The SMILES string of the molecule is COc1cc([N+](=O)[O-])ccc1Oc1cccc(N)n1. The number of anilines is 1. The Labute approximate surface area is 108 Å². The monoisotopic (exact) mass is 261 g/mol. The minimum absolute atomic E-state index is 0.0789. The molecule has 0 aliphatic heterocycles. The van der Waals surface area contributed by atoms with Crippen molar-refractivity contribution >= 4 is 11.5 Å². The molecule has 2 N–H and O–H groups in total. The second kappa shape index (κ2) is 5.21. The summed E-state index contributed by atoms with van der Waals surface area (Å²) in [7, 11) is 1.40. The molecular formula is C12H11N3O4. The number of hydrogen-bond donors (Lipinski definition) is 1. The van der Waals surface area contributed by atoms with E-state index in [1.165, 1.54) is 25.3 Å². The molecule has 98 valence electrons. The summed E-state index contributed by atoms with van der Waals surface area (Å²) in [5.74, 6) is 1.18. The molecule has 0 spiro atoms. The van der Waals surface area contributed by atoms with E-state index in [2.05, 4.69) is 4.98 Å². The molecule has 7 heteroatoms. The Morgan fingerprint density at radius 2 is 2.05 bits per heavy atom. The van der Waals surface area contributed by atoms with Crippen molar-refractivity contribution in [3.05, 3.63) is 46.5 Å². The Kier molecular flexibility index (Phi) is 3.46. The van der Waals surface area contributed by atoms with E-state index in [1.54, 1.807) is 18.2 Å². The molecule has 0 fully saturated rings. The summed E-state index contributed by atoms with van der Waals surface area (Å²) in [6, 6.07) is 8.99. The van der Waals surface area contributed by atoms with Gasteiger partial charge in [-0.3, -0.25) is 10.1 Å². The Morgan fingerprint density at radius 1 is 1.26 bits per heavy atom. The maximum absolute atomic E-state index is 10.7. The summed E-state index contributed by atoms with van der Waals surface area (Å²) in [5.41, 5.74) is 5.46. The maximum atomic E-state index is 10.7. The second-order valence-electron chi connectivity index (χ2n) is 3.60. The van der Waals surface area contributed by atoms with Gasteiger partial charge in [0.2, 0.25) is 5.88 Å². The summed E-state index contributed by atoms with van der Waals surface area (Å²) in [6.07, 6.45) is 0. The van der Waals surface area contributed by atoms with Crippen LogP contribution in [0.1, 0.15) is 0 Å². The highest BCUT2D eigenvalue weighted by Crippen LogP contribution is 2.33. The molecule has 2 rings (SSSR count). The summed E-state index contributed by atoms with van der Waals surface area (Å²) in [5, 5.41) is 10.7. The van der Waals surface area contributed by atoms with Gasteiger partial charge in [-0.15, -0.1) is 0 Å². The standard InChI is InChI=1S/C12H11N3O4/c1-18-10-7-8(15(16)17)5-6-9(10)19-12-4-2-3-11(13)14-12/h2-7H,1H3,(H2,13,14). The predicted molar refractivity (Wildman–Crippen MR) is 68.4 cm³/mol. The lowest BCUT2D eigenvalue weighted by Crippen LogP contribution is -1.96. The van der Waals surface area contributed by atoms with E-state index >= 15 is 0 Å². The molecule has 0 saturated carbocycles. The molecule has 0 unspecified atom stereocenters. The van der Waals surface area contributed by atoms with Crippen molar-refractivity contribution in [3.8, 4) is 17.4 Å². The number of nitrogens with two attached hydrogens (primary N) is 1. The van der Waals surface area contributed by atoms with Gasteiger partial charge in [0, 0.05) is 12.1 Å². The topological polar surface area (TPSA) is 101 Å². The number of benzene rings is 1. The normalized spacial score (nSPS) is 9.95. The quantitative estimate of drug-likeness (QED) is 0.669. The first-order valence-electron chi connectivity index (χ1n) is 5.33. The van der Waals surface area contributed by atoms with E-state index in [4.69, 9.17) is 15.2 Å². The van der Waals surface area contributed by atoms with Crippen LogP contribution in [0.5, 0.6) is 17.4 Å². The van der Waals surface area contributed by atoms with Gasteiger partial charge < -0.3 is 15.2 Å². The Hall–Kier alpha value is -2.83. The molecule has 0 atom stereocenters. The molecule has 1 heterocycles. The fourth-order valence-electron chi connectivity index (χ4n) is 1.45. The van der Waals surface area contributed by atoms with E-state index in [0.29, 0.717) is 11.6 Å². The Bertz CT molecular complexity index is 616. The highest BCUT2D eigenvalue weighted by molar-refractivity contribution is 5.49. The van der Waals surface area contributed by atoms with Crippen molar-refractivity contribution in [1.29, 1.82) is 0 Å². The molecule has 1 aromatic heterocycles. The number of pyridine rings is 1. The van der Waals surface area contributed by atoms with Gasteiger partial charge in [0.05, 0.1) is 18.1 Å². The van der Waals surface area contributed by atoms with Crippen LogP contribution < -0.4 is 15.2 Å². The summed E-state index contributed by atoms with van der Waals surface area (Å²) in [4.78, 5) is 14.1. The minimum Gasteiger partial charge on any atom is -0.493 e. The molecule has 7 nitrogen and oxygen atoms in total. The van der Waals surface area contributed by atoms with Crippen LogP contribution in [0.15, 0.2) is 36.4 Å². The Morgan fingerprint density at radius 3 is 2.68 bits per heavy atom. The number of aromatic nitrogens is 1. The van der Waals surface area contributed by atoms with Crippen molar-refractivity contribution in [2.75, 3.05) is 12.8 Å². The predicted octanol–water partition coefficient (Wildman–Crippen LogP) is 2.37.